The molecule has 0 aliphatic heterocycles. The number of aliphatic hydroxyl groups is 1. The van der Waals surface area contributed by atoms with Gasteiger partial charge in [-0.1, -0.05) is 32.4 Å². The highest BCUT2D eigenvalue weighted by Gasteiger charge is 2.10. The smallest absolute Gasteiger partial charge is 0.373 e. The molecule has 0 saturated carbocycles. The van der Waals surface area contributed by atoms with E-state index in [9.17, 15) is 14.7 Å². The van der Waals surface area contributed by atoms with Gasteiger partial charge >= 0.3 is 5.97 Å². The fraction of sp³-hybridized carbons (Fsp3) is 0.500. The number of ketones is 1. The van der Waals surface area contributed by atoms with Crippen LogP contribution in [0.5, 0.6) is 0 Å². The van der Waals surface area contributed by atoms with E-state index in [0.29, 0.717) is 6.42 Å². The fourth-order valence-electron chi connectivity index (χ4n) is 1.04. The standard InChI is InChI=1S/C12H18O4/c1-3-5-6-7-10(13)9-11(14)12(15)16-8-4-2/h4,9,14H,2-3,5-8H2,1H3. The highest BCUT2D eigenvalue weighted by Crippen LogP contribution is 2.02. The van der Waals surface area contributed by atoms with Crippen molar-refractivity contribution in [3.63, 3.8) is 0 Å². The van der Waals surface area contributed by atoms with Crippen LogP contribution in [0.4, 0.5) is 0 Å². The number of rotatable bonds is 8. The summed E-state index contributed by atoms with van der Waals surface area (Å²) in [5, 5.41) is 9.20. The maximum Gasteiger partial charge on any atom is 0.373 e. The average Bonchev–Trinajstić information content (AvgIpc) is 2.26. The van der Waals surface area contributed by atoms with Gasteiger partial charge in [0.2, 0.25) is 5.76 Å². The first-order valence-electron chi connectivity index (χ1n) is 5.33. The van der Waals surface area contributed by atoms with Crippen molar-refractivity contribution in [1.82, 2.24) is 0 Å². The minimum absolute atomic E-state index is 0.0146. The zero-order valence-corrected chi connectivity index (χ0v) is 9.57. The highest BCUT2D eigenvalue weighted by molar-refractivity contribution is 5.97. The Balaban J connectivity index is 4.03. The predicted molar refractivity (Wildman–Crippen MR) is 61.0 cm³/mol. The Morgan fingerprint density at radius 3 is 2.62 bits per heavy atom. The maximum absolute atomic E-state index is 11.2. The third kappa shape index (κ3) is 6.81. The first-order valence-corrected chi connectivity index (χ1v) is 5.33. The van der Waals surface area contributed by atoms with E-state index in [-0.39, 0.29) is 12.4 Å². The Bertz CT molecular complexity index is 279. The molecule has 0 aromatic carbocycles. The Hall–Kier alpha value is -1.58. The van der Waals surface area contributed by atoms with Crippen molar-refractivity contribution >= 4 is 11.8 Å². The van der Waals surface area contributed by atoms with Crippen LogP contribution in [0.1, 0.15) is 32.6 Å². The molecule has 16 heavy (non-hydrogen) atoms. The number of hydrogen-bond donors (Lipinski definition) is 1. The maximum atomic E-state index is 11.2. The van der Waals surface area contributed by atoms with Crippen LogP contribution in [0.15, 0.2) is 24.5 Å². The van der Waals surface area contributed by atoms with Crippen LogP contribution in [0.25, 0.3) is 0 Å². The van der Waals surface area contributed by atoms with Crippen molar-refractivity contribution < 1.29 is 19.4 Å². The molecule has 0 saturated heterocycles. The Kier molecular flexibility index (Phi) is 7.85. The van der Waals surface area contributed by atoms with Crippen LogP contribution >= 0.6 is 0 Å². The second kappa shape index (κ2) is 8.71. The average molecular weight is 226 g/mol. The van der Waals surface area contributed by atoms with E-state index in [1.165, 1.54) is 6.08 Å². The van der Waals surface area contributed by atoms with Gasteiger partial charge in [-0.05, 0) is 6.42 Å². The van der Waals surface area contributed by atoms with E-state index in [0.717, 1.165) is 25.3 Å². The number of hydrogen-bond acceptors (Lipinski definition) is 4. The first kappa shape index (κ1) is 14.4. The SMILES string of the molecule is C=CCOC(=O)C(O)=CC(=O)CCCCC. The van der Waals surface area contributed by atoms with Gasteiger partial charge in [-0.15, -0.1) is 0 Å². The lowest BCUT2D eigenvalue weighted by molar-refractivity contribution is -0.141. The third-order valence-corrected chi connectivity index (χ3v) is 1.87. The molecule has 0 heterocycles. The number of carbonyl (C=O) groups is 2. The monoisotopic (exact) mass is 226 g/mol. The summed E-state index contributed by atoms with van der Waals surface area (Å²) in [7, 11) is 0. The van der Waals surface area contributed by atoms with Crippen molar-refractivity contribution in [3.05, 3.63) is 24.5 Å². The van der Waals surface area contributed by atoms with Crippen LogP contribution in [-0.4, -0.2) is 23.5 Å². The van der Waals surface area contributed by atoms with E-state index >= 15 is 0 Å². The summed E-state index contributed by atoms with van der Waals surface area (Å²) < 4.78 is 4.55. The molecule has 0 aliphatic rings. The summed E-state index contributed by atoms with van der Waals surface area (Å²) in [6.45, 7) is 5.40. The minimum Gasteiger partial charge on any atom is -0.502 e. The molecule has 0 aliphatic carbocycles. The van der Waals surface area contributed by atoms with Gasteiger partial charge in [0, 0.05) is 12.5 Å². The summed E-state index contributed by atoms with van der Waals surface area (Å²) in [6, 6.07) is 0. The Morgan fingerprint density at radius 1 is 1.38 bits per heavy atom. The molecule has 0 rings (SSSR count). The lowest BCUT2D eigenvalue weighted by Gasteiger charge is -2.00. The van der Waals surface area contributed by atoms with Crippen molar-refractivity contribution in [1.29, 1.82) is 0 Å². The van der Waals surface area contributed by atoms with E-state index in [4.69, 9.17) is 0 Å². The van der Waals surface area contributed by atoms with Gasteiger partial charge in [-0.3, -0.25) is 4.79 Å². The number of unbranched alkanes of at least 4 members (excludes halogenated alkanes) is 2. The van der Waals surface area contributed by atoms with Crippen LogP contribution < -0.4 is 0 Å². The van der Waals surface area contributed by atoms with E-state index in [1.807, 2.05) is 6.92 Å². The number of allylic oxidation sites excluding steroid dienone is 1. The van der Waals surface area contributed by atoms with Gasteiger partial charge in [0.1, 0.15) is 6.61 Å². The zero-order chi connectivity index (χ0) is 12.4. The molecule has 0 aromatic rings. The molecule has 0 spiro atoms. The Labute approximate surface area is 95.6 Å². The second-order valence-corrected chi connectivity index (χ2v) is 3.34. The molecular formula is C12H18O4. The molecule has 0 atom stereocenters. The van der Waals surface area contributed by atoms with Gasteiger partial charge < -0.3 is 9.84 Å². The van der Waals surface area contributed by atoms with Crippen LogP contribution in [0, 0.1) is 0 Å². The molecule has 0 radical (unpaired) electrons. The largest absolute Gasteiger partial charge is 0.502 e. The zero-order valence-electron chi connectivity index (χ0n) is 9.57. The first-order chi connectivity index (χ1) is 7.61. The number of ether oxygens (including phenoxy) is 1. The summed E-state index contributed by atoms with van der Waals surface area (Å²) in [4.78, 5) is 22.3. The molecule has 0 bridgehead atoms. The number of aliphatic hydroxyl groups excluding tert-OH is 1. The molecule has 0 unspecified atom stereocenters. The molecule has 0 aromatic heterocycles. The van der Waals surface area contributed by atoms with Crippen molar-refractivity contribution in [2.45, 2.75) is 32.6 Å². The molecule has 90 valence electrons. The molecule has 0 fully saturated rings. The minimum atomic E-state index is -0.899. The van der Waals surface area contributed by atoms with Gasteiger partial charge in [0.15, 0.2) is 5.78 Å². The van der Waals surface area contributed by atoms with Crippen LogP contribution in [0.3, 0.4) is 0 Å². The topological polar surface area (TPSA) is 63.6 Å². The Morgan fingerprint density at radius 2 is 2.06 bits per heavy atom. The summed E-state index contributed by atoms with van der Waals surface area (Å²) in [5.41, 5.74) is 0. The molecule has 0 amide bonds. The van der Waals surface area contributed by atoms with E-state index in [1.54, 1.807) is 0 Å². The third-order valence-electron chi connectivity index (χ3n) is 1.87. The molecular weight excluding hydrogens is 208 g/mol. The van der Waals surface area contributed by atoms with Crippen molar-refractivity contribution in [3.8, 4) is 0 Å². The summed E-state index contributed by atoms with van der Waals surface area (Å²) >= 11 is 0. The van der Waals surface area contributed by atoms with Gasteiger partial charge in [0.25, 0.3) is 0 Å². The summed E-state index contributed by atoms with van der Waals surface area (Å²) in [5.74, 6) is -1.81. The van der Waals surface area contributed by atoms with Crippen LogP contribution in [0.2, 0.25) is 0 Å². The molecule has 4 heteroatoms. The van der Waals surface area contributed by atoms with Crippen molar-refractivity contribution in [2.75, 3.05) is 6.61 Å². The van der Waals surface area contributed by atoms with Gasteiger partial charge in [-0.2, -0.15) is 0 Å². The quantitative estimate of drug-likeness (QED) is 0.227. The van der Waals surface area contributed by atoms with Gasteiger partial charge in [-0.25, -0.2) is 4.79 Å². The molecule has 1 N–H and O–H groups in total. The normalized spacial score (nSPS) is 10.9. The fourth-order valence-corrected chi connectivity index (χ4v) is 1.04. The number of esters is 1. The lowest BCUT2D eigenvalue weighted by atomic mass is 10.1. The number of carbonyl (C=O) groups excluding carboxylic acids is 2. The van der Waals surface area contributed by atoms with E-state index < -0.39 is 11.7 Å². The predicted octanol–water partition coefficient (Wildman–Crippen LogP) is 2.31. The summed E-state index contributed by atoms with van der Waals surface area (Å²) in [6.07, 6.45) is 5.38. The van der Waals surface area contributed by atoms with E-state index in [2.05, 4.69) is 11.3 Å². The van der Waals surface area contributed by atoms with Crippen molar-refractivity contribution in [2.24, 2.45) is 0 Å². The lowest BCUT2D eigenvalue weighted by Crippen LogP contribution is -2.09. The second-order valence-electron chi connectivity index (χ2n) is 3.34. The molecule has 4 nitrogen and oxygen atoms in total. The van der Waals surface area contributed by atoms with Gasteiger partial charge in [0.05, 0.1) is 0 Å². The highest BCUT2D eigenvalue weighted by atomic mass is 16.5. The van der Waals surface area contributed by atoms with Crippen LogP contribution in [-0.2, 0) is 14.3 Å².